The van der Waals surface area contributed by atoms with Crippen LogP contribution in [0.25, 0.3) is 0 Å². The highest BCUT2D eigenvalue weighted by atomic mass is 16.3. The molecular weight excluding hydrogens is 923 g/mol. The van der Waals surface area contributed by atoms with Gasteiger partial charge in [-0.15, -0.1) is 0 Å². The van der Waals surface area contributed by atoms with Crippen LogP contribution in [0.5, 0.6) is 0 Å². The summed E-state index contributed by atoms with van der Waals surface area (Å²) in [5.41, 5.74) is 0. The molecule has 6 heteroatoms. The van der Waals surface area contributed by atoms with Crippen molar-refractivity contribution in [2.24, 2.45) is 0 Å². The minimum Gasteiger partial charge on any atom is -0.394 e. The highest BCUT2D eigenvalue weighted by molar-refractivity contribution is 5.80. The van der Waals surface area contributed by atoms with Crippen LogP contribution >= 0.6 is 0 Å². The second-order valence-corrected chi connectivity index (χ2v) is 23.9. The molecular formula is C69H135NO5. The molecule has 0 aliphatic heterocycles. The largest absolute Gasteiger partial charge is 0.394 e. The zero-order valence-electron chi connectivity index (χ0n) is 50.8. The third-order valence-corrected chi connectivity index (χ3v) is 16.4. The van der Waals surface area contributed by atoms with Crippen molar-refractivity contribution in [2.75, 3.05) is 6.61 Å². The number of rotatable bonds is 64. The number of carbonyl (C=O) groups excluding carboxylic acids is 1. The Hall–Kier alpha value is -1.21. The minimum atomic E-state index is -1.29. The SMILES string of the molecule is CCCCCCCCCCCCCCCCCCCCC/C=C/CC/C=C/CCCC(O)C(O)C(CO)NC(=O)C(O)CCCCCCCCCCCCCCCCCCCCCCCCCCCCCCCCC. The maximum atomic E-state index is 12.6. The summed E-state index contributed by atoms with van der Waals surface area (Å²) in [5.74, 6) is -0.589. The lowest BCUT2D eigenvalue weighted by Gasteiger charge is -2.27. The average molecular weight is 1060 g/mol. The van der Waals surface area contributed by atoms with Gasteiger partial charge < -0.3 is 25.7 Å². The van der Waals surface area contributed by atoms with Crippen LogP contribution in [0.15, 0.2) is 24.3 Å². The standard InChI is InChI=1S/C69H135NO5/c1-3-5-7-9-11-13-15-17-19-21-23-25-27-29-31-33-34-35-37-39-41-43-45-47-49-51-53-55-57-59-61-63-67(73)69(75)70-65(64-71)68(74)66(72)62-60-58-56-54-52-50-48-46-44-42-40-38-36-32-30-28-26-24-22-20-18-16-14-12-10-8-6-4-2/h46,48,54,56,65-68,71-74H,3-45,47,49-53,55,57-64H2,1-2H3,(H,70,75)/b48-46+,56-54+. The van der Waals surface area contributed by atoms with E-state index in [0.29, 0.717) is 19.3 Å². The monoisotopic (exact) mass is 1060 g/mol. The molecule has 6 nitrogen and oxygen atoms in total. The molecule has 446 valence electrons. The maximum Gasteiger partial charge on any atom is 0.249 e. The molecule has 0 aromatic rings. The number of allylic oxidation sites excluding steroid dienone is 4. The normalized spacial score (nSPS) is 13.6. The van der Waals surface area contributed by atoms with E-state index < -0.39 is 36.9 Å². The van der Waals surface area contributed by atoms with E-state index in [1.165, 1.54) is 308 Å². The topological polar surface area (TPSA) is 110 Å². The van der Waals surface area contributed by atoms with Gasteiger partial charge in [0.05, 0.1) is 18.8 Å². The van der Waals surface area contributed by atoms with Gasteiger partial charge in [-0.25, -0.2) is 0 Å². The van der Waals surface area contributed by atoms with Gasteiger partial charge in [-0.2, -0.15) is 0 Å². The number of carbonyl (C=O) groups is 1. The van der Waals surface area contributed by atoms with E-state index in [1.807, 2.05) is 0 Å². The zero-order valence-corrected chi connectivity index (χ0v) is 50.8. The van der Waals surface area contributed by atoms with Crippen molar-refractivity contribution in [1.29, 1.82) is 0 Å². The van der Waals surface area contributed by atoms with E-state index in [9.17, 15) is 25.2 Å². The second-order valence-electron chi connectivity index (χ2n) is 23.9. The predicted octanol–water partition coefficient (Wildman–Crippen LogP) is 20.9. The van der Waals surface area contributed by atoms with Crippen LogP contribution < -0.4 is 5.32 Å². The van der Waals surface area contributed by atoms with Crippen LogP contribution in [0, 0.1) is 0 Å². The van der Waals surface area contributed by atoms with Crippen molar-refractivity contribution in [3.8, 4) is 0 Å². The van der Waals surface area contributed by atoms with Crippen LogP contribution in [-0.2, 0) is 4.79 Å². The molecule has 1 amide bonds. The Morgan fingerprint density at radius 2 is 0.560 bits per heavy atom. The smallest absolute Gasteiger partial charge is 0.249 e. The number of nitrogens with one attached hydrogen (secondary N) is 1. The quantitative estimate of drug-likeness (QED) is 0.0308. The van der Waals surface area contributed by atoms with E-state index in [4.69, 9.17) is 0 Å². The Kier molecular flexibility index (Phi) is 62.6. The second kappa shape index (κ2) is 63.6. The molecule has 4 atom stereocenters. The summed E-state index contributed by atoms with van der Waals surface area (Å²) in [6.07, 6.45) is 80.2. The van der Waals surface area contributed by atoms with Crippen LogP contribution in [0.1, 0.15) is 380 Å². The summed E-state index contributed by atoms with van der Waals surface area (Å²) in [4.78, 5) is 12.6. The molecule has 0 bridgehead atoms. The third kappa shape index (κ3) is 57.3. The Morgan fingerprint density at radius 3 is 0.840 bits per heavy atom. The van der Waals surface area contributed by atoms with Crippen molar-refractivity contribution in [2.45, 2.75) is 404 Å². The first-order valence-electron chi connectivity index (χ1n) is 34.2. The Labute approximate surface area is 469 Å². The van der Waals surface area contributed by atoms with Gasteiger partial charge in [-0.1, -0.05) is 353 Å². The number of unbranched alkanes of at least 4 members (excludes halogenated alkanes) is 51. The highest BCUT2D eigenvalue weighted by Gasteiger charge is 2.28. The lowest BCUT2D eigenvalue weighted by molar-refractivity contribution is -0.132. The van der Waals surface area contributed by atoms with Gasteiger partial charge in [0.25, 0.3) is 0 Å². The highest BCUT2D eigenvalue weighted by Crippen LogP contribution is 2.19. The molecule has 0 spiro atoms. The van der Waals surface area contributed by atoms with Crippen molar-refractivity contribution in [3.05, 3.63) is 24.3 Å². The fourth-order valence-corrected chi connectivity index (χ4v) is 11.1. The van der Waals surface area contributed by atoms with Gasteiger partial charge in [0, 0.05) is 0 Å². The molecule has 0 saturated heterocycles. The van der Waals surface area contributed by atoms with Crippen LogP contribution in [0.3, 0.4) is 0 Å². The molecule has 75 heavy (non-hydrogen) atoms. The molecule has 4 unspecified atom stereocenters. The number of aliphatic hydroxyl groups excluding tert-OH is 4. The van der Waals surface area contributed by atoms with Crippen LogP contribution in [0.2, 0.25) is 0 Å². The van der Waals surface area contributed by atoms with Gasteiger partial charge in [-0.3, -0.25) is 4.79 Å². The van der Waals surface area contributed by atoms with E-state index in [2.05, 4.69) is 43.5 Å². The molecule has 0 aliphatic rings. The van der Waals surface area contributed by atoms with E-state index in [0.717, 1.165) is 38.5 Å². The first-order chi connectivity index (χ1) is 37.0. The average Bonchev–Trinajstić information content (AvgIpc) is 3.42. The summed E-state index contributed by atoms with van der Waals surface area (Å²) < 4.78 is 0. The Bertz CT molecular complexity index is 1140. The lowest BCUT2D eigenvalue weighted by atomic mass is 10.00. The zero-order chi connectivity index (χ0) is 54.4. The molecule has 0 radical (unpaired) electrons. The van der Waals surface area contributed by atoms with Crippen molar-refractivity contribution in [3.63, 3.8) is 0 Å². The number of aliphatic hydroxyl groups is 4. The fourth-order valence-electron chi connectivity index (χ4n) is 11.1. The van der Waals surface area contributed by atoms with Crippen molar-refractivity contribution >= 4 is 5.91 Å². The summed E-state index contributed by atoms with van der Waals surface area (Å²) in [6, 6.07) is -1.01. The first kappa shape index (κ1) is 73.8. The molecule has 0 rings (SSSR count). The van der Waals surface area contributed by atoms with Crippen molar-refractivity contribution < 1.29 is 25.2 Å². The van der Waals surface area contributed by atoms with Gasteiger partial charge in [0.1, 0.15) is 12.2 Å². The summed E-state index contributed by atoms with van der Waals surface area (Å²) in [5, 5.41) is 44.2. The Morgan fingerprint density at radius 1 is 0.320 bits per heavy atom. The molecule has 0 heterocycles. The Balaban J connectivity index is 3.58. The maximum absolute atomic E-state index is 12.6. The third-order valence-electron chi connectivity index (χ3n) is 16.4. The summed E-state index contributed by atoms with van der Waals surface area (Å²) in [7, 11) is 0. The molecule has 0 aliphatic carbocycles. The van der Waals surface area contributed by atoms with Crippen LogP contribution in [0.4, 0.5) is 0 Å². The van der Waals surface area contributed by atoms with Gasteiger partial charge in [0.2, 0.25) is 5.91 Å². The minimum absolute atomic E-state index is 0.365. The molecule has 0 aromatic heterocycles. The van der Waals surface area contributed by atoms with E-state index in [1.54, 1.807) is 0 Å². The van der Waals surface area contributed by atoms with Crippen LogP contribution in [-0.4, -0.2) is 57.3 Å². The molecule has 0 fully saturated rings. The van der Waals surface area contributed by atoms with Gasteiger partial charge in [-0.05, 0) is 51.4 Å². The number of hydrogen-bond donors (Lipinski definition) is 5. The number of amides is 1. The first-order valence-corrected chi connectivity index (χ1v) is 34.2. The summed E-state index contributed by atoms with van der Waals surface area (Å²) >= 11 is 0. The summed E-state index contributed by atoms with van der Waals surface area (Å²) in [6.45, 7) is 4.10. The lowest BCUT2D eigenvalue weighted by Crippen LogP contribution is -2.53. The molecule has 0 aromatic carbocycles. The fraction of sp³-hybridized carbons (Fsp3) is 0.928. The van der Waals surface area contributed by atoms with Crippen molar-refractivity contribution in [1.82, 2.24) is 5.32 Å². The van der Waals surface area contributed by atoms with Gasteiger partial charge in [0.15, 0.2) is 0 Å². The molecule has 5 N–H and O–H groups in total. The van der Waals surface area contributed by atoms with E-state index in [-0.39, 0.29) is 0 Å². The molecule has 0 saturated carbocycles. The predicted molar refractivity (Wildman–Crippen MR) is 330 cm³/mol. The van der Waals surface area contributed by atoms with Gasteiger partial charge >= 0.3 is 0 Å². The van der Waals surface area contributed by atoms with E-state index >= 15 is 0 Å². The number of hydrogen-bond acceptors (Lipinski definition) is 5.